The maximum atomic E-state index is 13.4. The van der Waals surface area contributed by atoms with Gasteiger partial charge in [0.1, 0.15) is 5.70 Å². The number of hydrogen-bond acceptors (Lipinski definition) is 4. The van der Waals surface area contributed by atoms with E-state index in [-0.39, 0.29) is 11.6 Å². The van der Waals surface area contributed by atoms with E-state index in [1.165, 1.54) is 11.8 Å². The molecule has 8 heteroatoms. The predicted octanol–water partition coefficient (Wildman–Crippen LogP) is 8.13. The highest BCUT2D eigenvalue weighted by Gasteiger charge is 2.18. The van der Waals surface area contributed by atoms with Crippen molar-refractivity contribution in [1.29, 1.82) is 0 Å². The molecule has 0 aliphatic carbocycles. The Morgan fingerprint density at radius 2 is 1.49 bits per heavy atom. The first-order valence-corrected chi connectivity index (χ1v) is 15.2. The molecule has 5 aromatic rings. The minimum absolute atomic E-state index is 0.0906. The topological polar surface area (TPSA) is 87.3 Å². The van der Waals surface area contributed by atoms with Gasteiger partial charge in [0, 0.05) is 31.7 Å². The molecule has 0 saturated carbocycles. The number of benzene rings is 5. The Morgan fingerprint density at radius 1 is 0.767 bits per heavy atom. The summed E-state index contributed by atoms with van der Waals surface area (Å²) in [6.45, 7) is 1.84. The molecule has 0 heterocycles. The standard InChI is InChI=1S/C35H28BrN3O3S/c1-23(33(40)38-31-19-8-14-25-11-5-6-18-30(25)31)43-29-17-9-16-28(22-29)37-35(42)32(21-24-10-7-15-27(36)20-24)39-34(41)26-12-3-2-4-13-26/h2-23H,1H3,(H,37,42)(H,38,40)(H,39,41)/b32-21+. The lowest BCUT2D eigenvalue weighted by atomic mass is 10.1. The normalized spacial score (nSPS) is 11.9. The molecule has 0 aromatic heterocycles. The Kier molecular flexibility index (Phi) is 9.71. The lowest BCUT2D eigenvalue weighted by Gasteiger charge is -2.15. The van der Waals surface area contributed by atoms with Crippen LogP contribution in [-0.4, -0.2) is 23.0 Å². The molecule has 3 amide bonds. The van der Waals surface area contributed by atoms with Crippen molar-refractivity contribution in [1.82, 2.24) is 5.32 Å². The summed E-state index contributed by atoms with van der Waals surface area (Å²) in [5, 5.41) is 10.3. The lowest BCUT2D eigenvalue weighted by Crippen LogP contribution is -2.30. The fourth-order valence-electron chi connectivity index (χ4n) is 4.38. The van der Waals surface area contributed by atoms with Crippen LogP contribution in [0.2, 0.25) is 0 Å². The van der Waals surface area contributed by atoms with Gasteiger partial charge in [0.25, 0.3) is 11.8 Å². The number of amides is 3. The highest BCUT2D eigenvalue weighted by atomic mass is 79.9. The number of thioether (sulfide) groups is 1. The number of halogens is 1. The molecular formula is C35H28BrN3O3S. The molecule has 5 rings (SSSR count). The molecule has 6 nitrogen and oxygen atoms in total. The maximum absolute atomic E-state index is 13.4. The van der Waals surface area contributed by atoms with Gasteiger partial charge in [-0.1, -0.05) is 88.7 Å². The molecule has 1 unspecified atom stereocenters. The third-order valence-corrected chi connectivity index (χ3v) is 8.10. The third-order valence-electron chi connectivity index (χ3n) is 6.51. The van der Waals surface area contributed by atoms with Crippen LogP contribution in [0, 0.1) is 0 Å². The van der Waals surface area contributed by atoms with Crippen LogP contribution in [0.25, 0.3) is 16.8 Å². The number of anilines is 2. The smallest absolute Gasteiger partial charge is 0.272 e. The van der Waals surface area contributed by atoms with E-state index in [4.69, 9.17) is 0 Å². The van der Waals surface area contributed by atoms with Crippen molar-refractivity contribution in [2.45, 2.75) is 17.1 Å². The van der Waals surface area contributed by atoms with Crippen LogP contribution in [0.4, 0.5) is 11.4 Å². The van der Waals surface area contributed by atoms with Gasteiger partial charge < -0.3 is 16.0 Å². The first kappa shape index (κ1) is 29.8. The predicted molar refractivity (Wildman–Crippen MR) is 179 cm³/mol. The second kappa shape index (κ2) is 14.0. The van der Waals surface area contributed by atoms with Crippen molar-refractivity contribution < 1.29 is 14.4 Å². The summed E-state index contributed by atoms with van der Waals surface area (Å²) in [4.78, 5) is 40.3. The van der Waals surface area contributed by atoms with Gasteiger partial charge in [0.05, 0.1) is 5.25 Å². The number of carbonyl (C=O) groups excluding carboxylic acids is 3. The van der Waals surface area contributed by atoms with Crippen LogP contribution in [-0.2, 0) is 9.59 Å². The number of rotatable bonds is 9. The quantitative estimate of drug-likeness (QED) is 0.111. The molecule has 1 atom stereocenters. The highest BCUT2D eigenvalue weighted by molar-refractivity contribution is 9.10. The zero-order valence-corrected chi connectivity index (χ0v) is 25.6. The molecule has 0 bridgehead atoms. The van der Waals surface area contributed by atoms with Gasteiger partial charge in [-0.05, 0) is 72.5 Å². The second-order valence-corrected chi connectivity index (χ2v) is 12.0. The summed E-state index contributed by atoms with van der Waals surface area (Å²) in [7, 11) is 0. The zero-order valence-electron chi connectivity index (χ0n) is 23.2. The Balaban J connectivity index is 1.29. The monoisotopic (exact) mass is 649 g/mol. The van der Waals surface area contributed by atoms with Crippen LogP contribution in [0.15, 0.2) is 136 Å². The Morgan fingerprint density at radius 3 is 2.30 bits per heavy atom. The zero-order chi connectivity index (χ0) is 30.2. The molecule has 0 spiro atoms. The third kappa shape index (κ3) is 8.00. The van der Waals surface area contributed by atoms with Crippen LogP contribution >= 0.6 is 27.7 Å². The fourth-order valence-corrected chi connectivity index (χ4v) is 5.72. The Labute approximate surface area is 262 Å². The minimum atomic E-state index is -0.479. The van der Waals surface area contributed by atoms with Gasteiger partial charge in [0.2, 0.25) is 5.91 Å². The molecule has 0 saturated heterocycles. The molecule has 5 aromatic carbocycles. The Bertz CT molecular complexity index is 1820. The summed E-state index contributed by atoms with van der Waals surface area (Å²) in [5.41, 5.74) is 2.56. The van der Waals surface area contributed by atoms with E-state index in [1.807, 2.05) is 91.9 Å². The van der Waals surface area contributed by atoms with Crippen LogP contribution in [0.5, 0.6) is 0 Å². The van der Waals surface area contributed by atoms with Gasteiger partial charge in [-0.3, -0.25) is 14.4 Å². The van der Waals surface area contributed by atoms with Gasteiger partial charge in [-0.25, -0.2) is 0 Å². The first-order valence-electron chi connectivity index (χ1n) is 13.6. The Hall–Kier alpha value is -4.66. The minimum Gasteiger partial charge on any atom is -0.325 e. The van der Waals surface area contributed by atoms with Crippen molar-refractivity contribution in [2.24, 2.45) is 0 Å². The van der Waals surface area contributed by atoms with Crippen LogP contribution in [0.1, 0.15) is 22.8 Å². The number of fused-ring (bicyclic) bond motifs is 1. The molecular weight excluding hydrogens is 622 g/mol. The molecule has 0 radical (unpaired) electrons. The van der Waals surface area contributed by atoms with Crippen molar-refractivity contribution in [3.8, 4) is 0 Å². The molecule has 0 fully saturated rings. The van der Waals surface area contributed by atoms with Crippen molar-refractivity contribution in [2.75, 3.05) is 10.6 Å². The van der Waals surface area contributed by atoms with E-state index >= 15 is 0 Å². The number of hydrogen-bond donors (Lipinski definition) is 3. The van der Waals surface area contributed by atoms with Crippen molar-refractivity contribution in [3.63, 3.8) is 0 Å². The summed E-state index contributed by atoms with van der Waals surface area (Å²) >= 11 is 4.83. The van der Waals surface area contributed by atoms with E-state index in [2.05, 4.69) is 31.9 Å². The molecule has 0 aliphatic rings. The summed E-state index contributed by atoms with van der Waals surface area (Å²) in [6, 6.07) is 37.1. The van der Waals surface area contributed by atoms with E-state index in [9.17, 15) is 14.4 Å². The van der Waals surface area contributed by atoms with E-state index in [0.29, 0.717) is 11.3 Å². The van der Waals surface area contributed by atoms with E-state index < -0.39 is 17.1 Å². The summed E-state index contributed by atoms with van der Waals surface area (Å²) in [5.74, 6) is -1.00. The maximum Gasteiger partial charge on any atom is 0.272 e. The molecule has 43 heavy (non-hydrogen) atoms. The van der Waals surface area contributed by atoms with Crippen LogP contribution in [0.3, 0.4) is 0 Å². The second-order valence-electron chi connectivity index (χ2n) is 9.69. The lowest BCUT2D eigenvalue weighted by molar-refractivity contribution is -0.115. The van der Waals surface area contributed by atoms with Crippen molar-refractivity contribution >= 4 is 73.6 Å². The average Bonchev–Trinajstić information content (AvgIpc) is 3.01. The van der Waals surface area contributed by atoms with E-state index in [1.54, 1.807) is 42.5 Å². The first-order chi connectivity index (χ1) is 20.9. The van der Waals surface area contributed by atoms with Gasteiger partial charge in [-0.15, -0.1) is 11.8 Å². The summed E-state index contributed by atoms with van der Waals surface area (Å²) < 4.78 is 0.846. The summed E-state index contributed by atoms with van der Waals surface area (Å²) in [6.07, 6.45) is 1.62. The largest absolute Gasteiger partial charge is 0.325 e. The fraction of sp³-hybridized carbons (Fsp3) is 0.0571. The molecule has 214 valence electrons. The van der Waals surface area contributed by atoms with E-state index in [0.717, 1.165) is 31.4 Å². The molecule has 3 N–H and O–H groups in total. The van der Waals surface area contributed by atoms with Gasteiger partial charge in [-0.2, -0.15) is 0 Å². The van der Waals surface area contributed by atoms with Gasteiger partial charge >= 0.3 is 0 Å². The highest BCUT2D eigenvalue weighted by Crippen LogP contribution is 2.28. The van der Waals surface area contributed by atoms with Crippen molar-refractivity contribution in [3.05, 3.63) is 143 Å². The van der Waals surface area contributed by atoms with Gasteiger partial charge in [0.15, 0.2) is 0 Å². The molecule has 0 aliphatic heterocycles. The van der Waals surface area contributed by atoms with Crippen LogP contribution < -0.4 is 16.0 Å². The SMILES string of the molecule is CC(Sc1cccc(NC(=O)/C(=C\c2cccc(Br)c2)NC(=O)c2ccccc2)c1)C(=O)Nc1cccc2ccccc12. The average molecular weight is 651 g/mol. The number of nitrogens with one attached hydrogen (secondary N) is 3. The number of carbonyl (C=O) groups is 3.